The van der Waals surface area contributed by atoms with Crippen molar-refractivity contribution in [2.45, 2.75) is 19.4 Å². The van der Waals surface area contributed by atoms with Crippen LogP contribution in [0.3, 0.4) is 0 Å². The van der Waals surface area contributed by atoms with Crippen LogP contribution in [0.2, 0.25) is 0 Å². The standard InChI is InChI=1S/C17H17NO3/c1-12(17(20)21)18-16(19)11-14-9-5-6-10-15(14)13-7-3-2-4-8-13/h2-10,12H,11H2,1H3,(H,18,19)(H,20,21). The summed E-state index contributed by atoms with van der Waals surface area (Å²) in [7, 11) is 0. The van der Waals surface area contributed by atoms with E-state index in [0.29, 0.717) is 0 Å². The zero-order chi connectivity index (χ0) is 15.2. The molecular weight excluding hydrogens is 266 g/mol. The Hall–Kier alpha value is -2.62. The summed E-state index contributed by atoms with van der Waals surface area (Å²) in [5, 5.41) is 11.3. The second kappa shape index (κ2) is 6.70. The Kier molecular flexibility index (Phi) is 4.72. The van der Waals surface area contributed by atoms with Gasteiger partial charge in [0.2, 0.25) is 5.91 Å². The average molecular weight is 283 g/mol. The summed E-state index contributed by atoms with van der Waals surface area (Å²) in [5.41, 5.74) is 2.89. The molecule has 2 aromatic carbocycles. The van der Waals surface area contributed by atoms with Crippen molar-refractivity contribution in [2.75, 3.05) is 0 Å². The van der Waals surface area contributed by atoms with E-state index in [1.807, 2.05) is 54.6 Å². The van der Waals surface area contributed by atoms with Crippen LogP contribution in [0.4, 0.5) is 0 Å². The molecule has 108 valence electrons. The normalized spacial score (nSPS) is 11.7. The highest BCUT2D eigenvalue weighted by Gasteiger charge is 2.15. The number of hydrogen-bond donors (Lipinski definition) is 2. The first-order chi connectivity index (χ1) is 10.1. The van der Waals surface area contributed by atoms with Crippen LogP contribution in [-0.4, -0.2) is 23.0 Å². The van der Waals surface area contributed by atoms with Crippen LogP contribution in [0.15, 0.2) is 54.6 Å². The average Bonchev–Trinajstić information content (AvgIpc) is 2.48. The maximum Gasteiger partial charge on any atom is 0.325 e. The molecule has 0 saturated carbocycles. The Bertz CT molecular complexity index is 637. The summed E-state index contributed by atoms with van der Waals surface area (Å²) in [4.78, 5) is 22.7. The zero-order valence-electron chi connectivity index (χ0n) is 11.7. The molecule has 0 aliphatic rings. The van der Waals surface area contributed by atoms with Crippen LogP contribution in [0.25, 0.3) is 11.1 Å². The highest BCUT2D eigenvalue weighted by atomic mass is 16.4. The number of hydrogen-bond acceptors (Lipinski definition) is 2. The Morgan fingerprint density at radius 3 is 2.33 bits per heavy atom. The minimum atomic E-state index is -1.04. The fourth-order valence-corrected chi connectivity index (χ4v) is 2.10. The highest BCUT2D eigenvalue weighted by Crippen LogP contribution is 2.23. The lowest BCUT2D eigenvalue weighted by Gasteiger charge is -2.12. The summed E-state index contributed by atoms with van der Waals surface area (Å²) in [6.45, 7) is 1.45. The third kappa shape index (κ3) is 3.92. The monoisotopic (exact) mass is 283 g/mol. The Morgan fingerprint density at radius 1 is 1.05 bits per heavy atom. The summed E-state index contributed by atoms with van der Waals surface area (Å²) in [6, 6.07) is 16.5. The summed E-state index contributed by atoms with van der Waals surface area (Å²) in [6.07, 6.45) is 0.155. The van der Waals surface area contributed by atoms with Gasteiger partial charge in [-0.25, -0.2) is 0 Å². The van der Waals surface area contributed by atoms with Crippen LogP contribution >= 0.6 is 0 Å². The first-order valence-corrected chi connectivity index (χ1v) is 6.73. The van der Waals surface area contributed by atoms with Crippen molar-refractivity contribution in [3.05, 3.63) is 60.2 Å². The molecule has 0 aliphatic heterocycles. The van der Waals surface area contributed by atoms with E-state index in [1.165, 1.54) is 6.92 Å². The van der Waals surface area contributed by atoms with Crippen molar-refractivity contribution < 1.29 is 14.7 Å². The molecule has 0 aliphatic carbocycles. The van der Waals surface area contributed by atoms with E-state index in [0.717, 1.165) is 16.7 Å². The number of rotatable bonds is 5. The van der Waals surface area contributed by atoms with E-state index in [9.17, 15) is 9.59 Å². The van der Waals surface area contributed by atoms with Crippen molar-refractivity contribution in [1.29, 1.82) is 0 Å². The van der Waals surface area contributed by atoms with Gasteiger partial charge in [-0.15, -0.1) is 0 Å². The molecule has 0 spiro atoms. The molecule has 4 nitrogen and oxygen atoms in total. The van der Waals surface area contributed by atoms with Crippen LogP contribution in [0, 0.1) is 0 Å². The van der Waals surface area contributed by atoms with Crippen molar-refractivity contribution in [3.8, 4) is 11.1 Å². The van der Waals surface area contributed by atoms with Crippen molar-refractivity contribution in [2.24, 2.45) is 0 Å². The summed E-state index contributed by atoms with van der Waals surface area (Å²) >= 11 is 0. The zero-order valence-corrected chi connectivity index (χ0v) is 11.7. The van der Waals surface area contributed by atoms with E-state index in [4.69, 9.17) is 5.11 Å². The minimum absolute atomic E-state index is 0.155. The first kappa shape index (κ1) is 14.8. The predicted molar refractivity (Wildman–Crippen MR) is 80.8 cm³/mol. The molecular formula is C17H17NO3. The number of carbonyl (C=O) groups is 2. The molecule has 0 aromatic heterocycles. The molecule has 4 heteroatoms. The lowest BCUT2D eigenvalue weighted by molar-refractivity contribution is -0.141. The fraction of sp³-hybridized carbons (Fsp3) is 0.176. The van der Waals surface area contributed by atoms with Crippen molar-refractivity contribution in [3.63, 3.8) is 0 Å². The number of carbonyl (C=O) groups excluding carboxylic acids is 1. The summed E-state index contributed by atoms with van der Waals surface area (Å²) in [5.74, 6) is -1.34. The highest BCUT2D eigenvalue weighted by molar-refractivity contribution is 5.86. The van der Waals surface area contributed by atoms with E-state index >= 15 is 0 Å². The Balaban J connectivity index is 2.18. The topological polar surface area (TPSA) is 66.4 Å². The lowest BCUT2D eigenvalue weighted by atomic mass is 9.97. The molecule has 1 atom stereocenters. The van der Waals surface area contributed by atoms with Gasteiger partial charge in [-0.05, 0) is 23.6 Å². The second-order valence-electron chi connectivity index (χ2n) is 4.83. The molecule has 0 fully saturated rings. The second-order valence-corrected chi connectivity index (χ2v) is 4.83. The van der Waals surface area contributed by atoms with Gasteiger partial charge < -0.3 is 10.4 Å². The van der Waals surface area contributed by atoms with Gasteiger partial charge >= 0.3 is 5.97 Å². The lowest BCUT2D eigenvalue weighted by Crippen LogP contribution is -2.39. The molecule has 2 N–H and O–H groups in total. The van der Waals surface area contributed by atoms with E-state index in [1.54, 1.807) is 0 Å². The van der Waals surface area contributed by atoms with Crippen LogP contribution < -0.4 is 5.32 Å². The third-order valence-electron chi connectivity index (χ3n) is 3.20. The third-order valence-corrected chi connectivity index (χ3v) is 3.20. The Morgan fingerprint density at radius 2 is 1.67 bits per heavy atom. The maximum absolute atomic E-state index is 11.9. The number of benzene rings is 2. The smallest absolute Gasteiger partial charge is 0.325 e. The van der Waals surface area contributed by atoms with E-state index in [-0.39, 0.29) is 12.3 Å². The number of carboxylic acids is 1. The molecule has 1 unspecified atom stereocenters. The van der Waals surface area contributed by atoms with Crippen molar-refractivity contribution in [1.82, 2.24) is 5.32 Å². The van der Waals surface area contributed by atoms with Gasteiger partial charge in [0.15, 0.2) is 0 Å². The number of carboxylic acid groups (broad SMARTS) is 1. The number of aliphatic carboxylic acids is 1. The van der Waals surface area contributed by atoms with E-state index in [2.05, 4.69) is 5.32 Å². The van der Waals surface area contributed by atoms with Gasteiger partial charge in [-0.1, -0.05) is 54.6 Å². The van der Waals surface area contributed by atoms with Gasteiger partial charge in [-0.2, -0.15) is 0 Å². The van der Waals surface area contributed by atoms with Gasteiger partial charge in [0.1, 0.15) is 6.04 Å². The van der Waals surface area contributed by atoms with Crippen LogP contribution in [0.5, 0.6) is 0 Å². The van der Waals surface area contributed by atoms with Gasteiger partial charge in [0, 0.05) is 0 Å². The fourth-order valence-electron chi connectivity index (χ4n) is 2.10. The summed E-state index contributed by atoms with van der Waals surface area (Å²) < 4.78 is 0. The molecule has 0 bridgehead atoms. The molecule has 0 saturated heterocycles. The van der Waals surface area contributed by atoms with Gasteiger partial charge in [0.05, 0.1) is 6.42 Å². The molecule has 1 amide bonds. The van der Waals surface area contributed by atoms with E-state index < -0.39 is 12.0 Å². The SMILES string of the molecule is CC(NC(=O)Cc1ccccc1-c1ccccc1)C(=O)O. The molecule has 2 rings (SSSR count). The molecule has 2 aromatic rings. The molecule has 21 heavy (non-hydrogen) atoms. The van der Waals surface area contributed by atoms with Gasteiger partial charge in [0.25, 0.3) is 0 Å². The minimum Gasteiger partial charge on any atom is -0.480 e. The van der Waals surface area contributed by atoms with Crippen LogP contribution in [0.1, 0.15) is 12.5 Å². The van der Waals surface area contributed by atoms with Crippen molar-refractivity contribution >= 4 is 11.9 Å². The quantitative estimate of drug-likeness (QED) is 0.886. The first-order valence-electron chi connectivity index (χ1n) is 6.73. The van der Waals surface area contributed by atoms with Crippen LogP contribution in [-0.2, 0) is 16.0 Å². The predicted octanol–water partition coefficient (Wildman–Crippen LogP) is 2.49. The Labute approximate surface area is 123 Å². The molecule has 0 heterocycles. The van der Waals surface area contributed by atoms with Gasteiger partial charge in [-0.3, -0.25) is 9.59 Å². The number of amides is 1. The number of nitrogens with one attached hydrogen (secondary N) is 1. The largest absolute Gasteiger partial charge is 0.480 e. The maximum atomic E-state index is 11.9. The molecule has 0 radical (unpaired) electrons.